The predicted octanol–water partition coefficient (Wildman–Crippen LogP) is 27.6. The highest BCUT2D eigenvalue weighted by Gasteiger charge is 2.52. The Morgan fingerprint density at radius 1 is 0.243 bits per heavy atom. The lowest BCUT2D eigenvalue weighted by molar-refractivity contribution is 0.661. The number of fused-ring (bicyclic) bond motifs is 28. The van der Waals surface area contributed by atoms with Gasteiger partial charge in [0.25, 0.3) is 0 Å². The topological polar surface area (TPSA) is 53.5 Å². The minimum Gasteiger partial charge on any atom is -0.309 e. The maximum Gasteiger partial charge on any atom is 0.160 e. The summed E-state index contributed by atoms with van der Waals surface area (Å²) in [5, 5.41) is 15.0. The molecule has 22 aromatic rings. The third-order valence-corrected chi connectivity index (χ3v) is 25.3. The van der Waals surface area contributed by atoms with E-state index in [1.165, 1.54) is 170 Å². The molecule has 17 aromatic carbocycles. The normalized spacial score (nSPS) is 13.3. The van der Waals surface area contributed by atoms with Crippen LogP contribution in [0, 0.1) is 0 Å². The number of aromatic nitrogens is 6. The van der Waals surface area contributed by atoms with E-state index in [0.717, 1.165) is 50.6 Å². The number of para-hydroxylation sites is 3. The Labute approximate surface area is 664 Å². The van der Waals surface area contributed by atoms with Crippen LogP contribution in [0.2, 0.25) is 0 Å². The summed E-state index contributed by atoms with van der Waals surface area (Å²) < 4.78 is 7.25. The fourth-order valence-corrected chi connectivity index (χ4v) is 20.3. The van der Waals surface area contributed by atoms with Crippen LogP contribution in [0.15, 0.2) is 388 Å². The first-order valence-corrected chi connectivity index (χ1v) is 39.8. The van der Waals surface area contributed by atoms with Crippen molar-refractivity contribution in [2.45, 2.75) is 24.7 Å². The second-order valence-electron chi connectivity index (χ2n) is 31.6. The molecule has 115 heavy (non-hydrogen) atoms. The Morgan fingerprint density at radius 3 is 1.38 bits per heavy atom. The quantitative estimate of drug-likeness (QED) is 0.160. The average molecular weight is 1460 g/mol. The number of nitrogens with zero attached hydrogens (tertiary/aromatic N) is 6. The van der Waals surface area contributed by atoms with E-state index in [9.17, 15) is 0 Å². The SMILES string of the molecule is CC1(C)c2cc3c(cc2-c2c1ccc1ccccc21)c1cc(-c2cc4c5ccccc5n(-c5ccccc5)c4c4ccccc24)ccc1n3-c1ccccn1.c1ccc(-c2cc(-c3ccccc3)nc(-c3ccc4c5cc6c(cc5n(-c5ccccc5)c4c3)C3(c4ccccc4-c4ccccc43)c3ccc4ccccc4c3-6)n2)cc1. The van der Waals surface area contributed by atoms with E-state index >= 15 is 0 Å². The highest BCUT2D eigenvalue weighted by molar-refractivity contribution is 6.23. The Hall–Kier alpha value is -14.9. The van der Waals surface area contributed by atoms with Gasteiger partial charge < -0.3 is 9.13 Å². The first-order valence-electron chi connectivity index (χ1n) is 39.8. The van der Waals surface area contributed by atoms with Crippen molar-refractivity contribution in [3.05, 3.63) is 422 Å². The van der Waals surface area contributed by atoms with Crippen LogP contribution in [0.25, 0.3) is 193 Å². The van der Waals surface area contributed by atoms with E-state index in [1.807, 2.05) is 24.4 Å². The van der Waals surface area contributed by atoms with Gasteiger partial charge in [-0.05, 0) is 202 Å². The van der Waals surface area contributed by atoms with Crippen LogP contribution in [0.5, 0.6) is 0 Å². The minimum absolute atomic E-state index is 0.146. The molecule has 0 saturated heterocycles. The fraction of sp³-hybridized carbons (Fsp3) is 0.0367. The zero-order chi connectivity index (χ0) is 75.8. The first-order chi connectivity index (χ1) is 56.8. The van der Waals surface area contributed by atoms with Gasteiger partial charge in [-0.3, -0.25) is 4.57 Å². The van der Waals surface area contributed by atoms with Crippen LogP contribution < -0.4 is 0 Å². The van der Waals surface area contributed by atoms with Gasteiger partial charge in [0.2, 0.25) is 0 Å². The van der Waals surface area contributed by atoms with Crippen molar-refractivity contribution in [3.63, 3.8) is 0 Å². The molecular weight excluding hydrogens is 1390 g/mol. The van der Waals surface area contributed by atoms with E-state index in [1.54, 1.807) is 0 Å². The van der Waals surface area contributed by atoms with Gasteiger partial charge in [0.15, 0.2) is 5.82 Å². The maximum absolute atomic E-state index is 5.24. The van der Waals surface area contributed by atoms with E-state index < -0.39 is 5.41 Å². The molecule has 536 valence electrons. The summed E-state index contributed by atoms with van der Waals surface area (Å²) in [6.45, 7) is 4.75. The van der Waals surface area contributed by atoms with Gasteiger partial charge in [0.05, 0.1) is 49.9 Å². The molecule has 1 spiro atoms. The lowest BCUT2D eigenvalue weighted by atomic mass is 9.70. The summed E-state index contributed by atoms with van der Waals surface area (Å²) in [6.07, 6.45) is 1.90. The molecule has 6 nitrogen and oxygen atoms in total. The van der Waals surface area contributed by atoms with Crippen molar-refractivity contribution in [1.82, 2.24) is 28.7 Å². The maximum atomic E-state index is 5.24. The molecule has 25 rings (SSSR count). The van der Waals surface area contributed by atoms with Crippen molar-refractivity contribution in [1.29, 1.82) is 0 Å². The van der Waals surface area contributed by atoms with Crippen LogP contribution >= 0.6 is 0 Å². The molecule has 3 aliphatic rings. The second-order valence-corrected chi connectivity index (χ2v) is 31.6. The van der Waals surface area contributed by atoms with Crippen LogP contribution in [0.3, 0.4) is 0 Å². The lowest BCUT2D eigenvalue weighted by Crippen LogP contribution is -2.25. The summed E-state index contributed by atoms with van der Waals surface area (Å²) >= 11 is 0. The molecule has 0 radical (unpaired) electrons. The van der Waals surface area contributed by atoms with Crippen LogP contribution in [0.4, 0.5) is 0 Å². The summed E-state index contributed by atoms with van der Waals surface area (Å²) in [7, 11) is 0. The van der Waals surface area contributed by atoms with Gasteiger partial charge in [-0.1, -0.05) is 299 Å². The zero-order valence-corrected chi connectivity index (χ0v) is 63.1. The lowest BCUT2D eigenvalue weighted by Gasteiger charge is -2.30. The van der Waals surface area contributed by atoms with Gasteiger partial charge in [-0.15, -0.1) is 0 Å². The molecule has 5 heterocycles. The Morgan fingerprint density at radius 2 is 0.722 bits per heavy atom. The molecule has 0 amide bonds. The molecule has 0 unspecified atom stereocenters. The van der Waals surface area contributed by atoms with Crippen LogP contribution in [0.1, 0.15) is 47.2 Å². The number of hydrogen-bond donors (Lipinski definition) is 0. The average Bonchev–Trinajstić information content (AvgIpc) is 1.50. The molecule has 0 N–H and O–H groups in total. The summed E-state index contributed by atoms with van der Waals surface area (Å²) in [4.78, 5) is 15.4. The van der Waals surface area contributed by atoms with Crippen molar-refractivity contribution >= 4 is 97.7 Å². The first kappa shape index (κ1) is 64.9. The van der Waals surface area contributed by atoms with Gasteiger partial charge in [0.1, 0.15) is 5.82 Å². The molecule has 0 aliphatic heterocycles. The fourth-order valence-electron chi connectivity index (χ4n) is 20.3. The summed E-state index contributed by atoms with van der Waals surface area (Å²) in [5.74, 6) is 1.62. The van der Waals surface area contributed by atoms with Crippen molar-refractivity contribution < 1.29 is 0 Å². The Bertz CT molecular complexity index is 7740. The van der Waals surface area contributed by atoms with Crippen LogP contribution in [-0.2, 0) is 10.8 Å². The zero-order valence-electron chi connectivity index (χ0n) is 63.1. The molecule has 0 bridgehead atoms. The molecule has 3 aliphatic carbocycles. The molecule has 6 heteroatoms. The number of hydrogen-bond acceptors (Lipinski definition) is 3. The van der Waals surface area contributed by atoms with E-state index in [2.05, 4.69) is 392 Å². The monoisotopic (exact) mass is 1460 g/mol. The summed E-state index contributed by atoms with van der Waals surface area (Å²) in [6, 6.07) is 140. The smallest absolute Gasteiger partial charge is 0.160 e. The summed E-state index contributed by atoms with van der Waals surface area (Å²) in [5.41, 5.74) is 32.1. The predicted molar refractivity (Wildman–Crippen MR) is 477 cm³/mol. The Balaban J connectivity index is 0.000000133. The number of benzene rings is 17. The van der Waals surface area contributed by atoms with E-state index in [4.69, 9.17) is 15.0 Å². The highest BCUT2D eigenvalue weighted by Crippen LogP contribution is 2.65. The van der Waals surface area contributed by atoms with Gasteiger partial charge >= 0.3 is 0 Å². The third-order valence-electron chi connectivity index (χ3n) is 25.3. The van der Waals surface area contributed by atoms with Crippen molar-refractivity contribution in [2.75, 3.05) is 0 Å². The van der Waals surface area contributed by atoms with Gasteiger partial charge in [-0.2, -0.15) is 0 Å². The molecular formula is C109H70N6. The van der Waals surface area contributed by atoms with Gasteiger partial charge in [-0.25, -0.2) is 15.0 Å². The molecule has 0 saturated carbocycles. The van der Waals surface area contributed by atoms with Crippen molar-refractivity contribution in [2.24, 2.45) is 0 Å². The standard InChI is InChI=1S/C57H35N3.C52H35N3/c1-4-17-37(18-5-1)51-35-52(38-19-6-2-7-20-38)59-56(58-51)39-28-30-44-45-33-46-50(34-54(45)60(53(44)32-39)40-21-8-3-9-22-40)57(49-31-29-36-16-10-11-23-41(36)55(46)49)47-26-14-12-24-42(47)43-25-13-15-27-48(43)57;1-52(2)44-25-23-32-14-6-7-17-35(32)50(44)43-30-41-40-28-33(24-26-47(40)55(48(41)31-45(43)52)49-22-12-13-27-53-49)39-29-42-37-19-10-11-21-46(37)54(34-15-4-3-5-16-34)51(42)38-20-9-8-18-36(38)39/h1-35H;3-31H,1-2H3. The van der Waals surface area contributed by atoms with E-state index in [0.29, 0.717) is 5.82 Å². The number of pyridine rings is 1. The van der Waals surface area contributed by atoms with Crippen LogP contribution in [-0.4, -0.2) is 28.7 Å². The largest absolute Gasteiger partial charge is 0.309 e. The minimum atomic E-state index is -0.473. The highest BCUT2D eigenvalue weighted by atomic mass is 15.1. The van der Waals surface area contributed by atoms with E-state index in [-0.39, 0.29) is 5.41 Å². The molecule has 5 aromatic heterocycles. The Kier molecular flexibility index (Phi) is 14.0. The van der Waals surface area contributed by atoms with Crippen molar-refractivity contribution in [3.8, 4) is 95.6 Å². The van der Waals surface area contributed by atoms with Gasteiger partial charge in [0, 0.05) is 77.4 Å². The third kappa shape index (κ3) is 9.42. The molecule has 0 fully saturated rings. The second kappa shape index (κ2) is 24.8. The molecule has 0 atom stereocenters. The number of rotatable bonds is 7.